The van der Waals surface area contributed by atoms with Crippen molar-refractivity contribution in [3.05, 3.63) is 69.7 Å². The van der Waals surface area contributed by atoms with Gasteiger partial charge in [-0.3, -0.25) is 14.6 Å². The fraction of sp³-hybridized carbons (Fsp3) is 0.393. The molecule has 0 saturated carbocycles. The molecule has 0 spiro atoms. The lowest BCUT2D eigenvalue weighted by molar-refractivity contribution is -0.211. The molecular formula is C28H30F3NO4S. The summed E-state index contributed by atoms with van der Waals surface area (Å²) in [5, 5.41) is 0.657. The zero-order chi connectivity index (χ0) is 27.0. The molecule has 3 rings (SSSR count). The predicted octanol–water partition coefficient (Wildman–Crippen LogP) is 7.93. The zero-order valence-corrected chi connectivity index (χ0v) is 21.9. The number of alkyl halides is 3. The van der Waals surface area contributed by atoms with Crippen molar-refractivity contribution in [1.29, 1.82) is 0 Å². The second-order valence-corrected chi connectivity index (χ2v) is 9.92. The quantitative estimate of drug-likeness (QED) is 0.102. The molecule has 1 aromatic heterocycles. The number of carbonyl (C=O) groups is 2. The molecule has 5 nitrogen and oxygen atoms in total. The number of nitrogens with zero attached hydrogens (tertiary/aromatic N) is 1. The highest BCUT2D eigenvalue weighted by atomic mass is 32.1. The molecule has 0 amide bonds. The van der Waals surface area contributed by atoms with Crippen LogP contribution in [0.15, 0.2) is 42.5 Å². The van der Waals surface area contributed by atoms with E-state index in [0.29, 0.717) is 33.9 Å². The molecule has 2 aromatic carbocycles. The molecule has 0 unspecified atom stereocenters. The Morgan fingerprint density at radius 1 is 1.00 bits per heavy atom. The molecule has 198 valence electrons. The van der Waals surface area contributed by atoms with E-state index >= 15 is 0 Å². The van der Waals surface area contributed by atoms with Gasteiger partial charge in [0.1, 0.15) is 5.01 Å². The molecule has 37 heavy (non-hydrogen) atoms. The number of aryl methyl sites for hydroxylation is 3. The van der Waals surface area contributed by atoms with Gasteiger partial charge in [-0.25, -0.2) is 9.78 Å². The average Bonchev–Trinajstić information content (AvgIpc) is 3.26. The maximum Gasteiger partial charge on any atom is 0.416 e. The molecule has 3 aromatic rings. The van der Waals surface area contributed by atoms with E-state index in [9.17, 15) is 22.8 Å². The van der Waals surface area contributed by atoms with Crippen molar-refractivity contribution in [3.8, 4) is 16.3 Å². The first-order valence-corrected chi connectivity index (χ1v) is 13.0. The third-order valence-corrected chi connectivity index (χ3v) is 7.04. The largest absolute Gasteiger partial charge is 0.416 e. The van der Waals surface area contributed by atoms with Gasteiger partial charge in [0.15, 0.2) is 11.5 Å². The maximum atomic E-state index is 13.0. The fourth-order valence-corrected chi connectivity index (χ4v) is 4.92. The van der Waals surface area contributed by atoms with Crippen LogP contribution >= 0.6 is 11.3 Å². The number of thiazole rings is 1. The molecule has 0 aliphatic rings. The van der Waals surface area contributed by atoms with Crippen molar-refractivity contribution < 1.29 is 32.5 Å². The van der Waals surface area contributed by atoms with E-state index in [1.54, 1.807) is 25.1 Å². The Bertz CT molecular complexity index is 1220. The normalized spacial score (nSPS) is 11.4. The fourth-order valence-electron chi connectivity index (χ4n) is 3.81. The van der Waals surface area contributed by atoms with E-state index in [0.717, 1.165) is 54.8 Å². The standard InChI is InChI=1S/C28H30F3NO4S/c1-4-5-6-7-8-23-26(37-27(32-23)20-9-12-22(13-10-20)28(29,30)31)16-14-24(34)21-11-15-25(18(2)17-21)36-35-19(3)33/h9-13,15,17H,4-8,14,16H2,1-3H3. The van der Waals surface area contributed by atoms with Crippen LogP contribution in [0, 0.1) is 6.92 Å². The molecular weight excluding hydrogens is 503 g/mol. The van der Waals surface area contributed by atoms with Gasteiger partial charge in [0.2, 0.25) is 0 Å². The van der Waals surface area contributed by atoms with Crippen LogP contribution in [0.2, 0.25) is 0 Å². The number of rotatable bonds is 12. The van der Waals surface area contributed by atoms with E-state index < -0.39 is 17.7 Å². The predicted molar refractivity (Wildman–Crippen MR) is 137 cm³/mol. The van der Waals surface area contributed by atoms with Crippen LogP contribution in [0.5, 0.6) is 5.75 Å². The third kappa shape index (κ3) is 8.15. The van der Waals surface area contributed by atoms with E-state index in [1.807, 2.05) is 0 Å². The number of benzene rings is 2. The van der Waals surface area contributed by atoms with Crippen LogP contribution < -0.4 is 4.89 Å². The number of aromatic nitrogens is 1. The minimum absolute atomic E-state index is 0.0523. The molecule has 0 aliphatic heterocycles. The van der Waals surface area contributed by atoms with Gasteiger partial charge < -0.3 is 0 Å². The highest BCUT2D eigenvalue weighted by Gasteiger charge is 2.30. The third-order valence-electron chi connectivity index (χ3n) is 5.83. The van der Waals surface area contributed by atoms with Gasteiger partial charge in [0, 0.05) is 29.3 Å². The minimum atomic E-state index is -4.39. The first-order chi connectivity index (χ1) is 17.6. The van der Waals surface area contributed by atoms with Crippen LogP contribution in [-0.4, -0.2) is 16.7 Å². The summed E-state index contributed by atoms with van der Waals surface area (Å²) in [6, 6.07) is 9.92. The molecule has 1 heterocycles. The second-order valence-electron chi connectivity index (χ2n) is 8.84. The van der Waals surface area contributed by atoms with Crippen LogP contribution in [0.25, 0.3) is 10.6 Å². The Labute approximate surface area is 218 Å². The second kappa shape index (κ2) is 12.9. The van der Waals surface area contributed by atoms with E-state index in [4.69, 9.17) is 9.87 Å². The average molecular weight is 534 g/mol. The summed E-state index contributed by atoms with van der Waals surface area (Å²) in [6.45, 7) is 5.12. The van der Waals surface area contributed by atoms with Crippen molar-refractivity contribution >= 4 is 23.1 Å². The van der Waals surface area contributed by atoms with Gasteiger partial charge >= 0.3 is 12.1 Å². The number of hydrogen-bond acceptors (Lipinski definition) is 6. The van der Waals surface area contributed by atoms with Crippen LogP contribution in [0.3, 0.4) is 0 Å². The van der Waals surface area contributed by atoms with Crippen LogP contribution in [0.1, 0.15) is 78.0 Å². The number of carbonyl (C=O) groups excluding carboxylic acids is 2. The SMILES string of the molecule is CCCCCCc1nc(-c2ccc(C(F)(F)F)cc2)sc1CCC(=O)c1ccc(OOC(C)=O)c(C)c1. The Morgan fingerprint density at radius 2 is 1.73 bits per heavy atom. The number of hydrogen-bond donors (Lipinski definition) is 0. The molecule has 0 fully saturated rings. The van der Waals surface area contributed by atoms with Gasteiger partial charge in [-0.05, 0) is 62.1 Å². The highest BCUT2D eigenvalue weighted by molar-refractivity contribution is 7.15. The first-order valence-electron chi connectivity index (χ1n) is 12.2. The van der Waals surface area contributed by atoms with Crippen molar-refractivity contribution in [3.63, 3.8) is 0 Å². The molecule has 9 heteroatoms. The summed E-state index contributed by atoms with van der Waals surface area (Å²) in [4.78, 5) is 39.1. The topological polar surface area (TPSA) is 65.5 Å². The molecule has 0 radical (unpaired) electrons. The lowest BCUT2D eigenvalue weighted by atomic mass is 10.0. The number of halogens is 3. The molecule has 0 saturated heterocycles. The molecule has 0 bridgehead atoms. The summed E-state index contributed by atoms with van der Waals surface area (Å²) in [7, 11) is 0. The van der Waals surface area contributed by atoms with E-state index in [2.05, 4.69) is 11.8 Å². The first kappa shape index (κ1) is 28.4. The summed E-state index contributed by atoms with van der Waals surface area (Å²) >= 11 is 1.43. The maximum absolute atomic E-state index is 13.0. The van der Waals surface area contributed by atoms with Crippen LogP contribution in [0.4, 0.5) is 13.2 Å². The summed E-state index contributed by atoms with van der Waals surface area (Å²) in [5.74, 6) is -0.279. The van der Waals surface area contributed by atoms with Crippen molar-refractivity contribution in [2.24, 2.45) is 0 Å². The van der Waals surface area contributed by atoms with E-state index in [1.165, 1.54) is 30.4 Å². The van der Waals surface area contributed by atoms with Gasteiger partial charge in [-0.15, -0.1) is 11.3 Å². The van der Waals surface area contributed by atoms with Crippen molar-refractivity contribution in [2.45, 2.75) is 71.9 Å². The minimum Gasteiger partial charge on any atom is -0.294 e. The summed E-state index contributed by atoms with van der Waals surface area (Å²) in [6.07, 6.45) is 1.41. The lowest BCUT2D eigenvalue weighted by Crippen LogP contribution is -2.06. The molecule has 0 atom stereocenters. The van der Waals surface area contributed by atoms with Gasteiger partial charge in [0.25, 0.3) is 0 Å². The van der Waals surface area contributed by atoms with Crippen LogP contribution in [-0.2, 0) is 28.7 Å². The summed E-state index contributed by atoms with van der Waals surface area (Å²) < 4.78 is 38.9. The Kier molecular flexibility index (Phi) is 9.86. The van der Waals surface area contributed by atoms with Gasteiger partial charge in [-0.1, -0.05) is 38.3 Å². The van der Waals surface area contributed by atoms with Crippen molar-refractivity contribution in [1.82, 2.24) is 4.98 Å². The number of ketones is 1. The lowest BCUT2D eigenvalue weighted by Gasteiger charge is -2.08. The zero-order valence-electron chi connectivity index (χ0n) is 21.1. The Balaban J connectivity index is 1.74. The smallest absolute Gasteiger partial charge is 0.294 e. The number of unbranched alkanes of at least 4 members (excludes halogenated alkanes) is 3. The van der Waals surface area contributed by atoms with Crippen molar-refractivity contribution in [2.75, 3.05) is 0 Å². The van der Waals surface area contributed by atoms with Gasteiger partial charge in [0.05, 0.1) is 11.3 Å². The number of Topliss-reactive ketones (excluding diaryl/α,β-unsaturated/α-hetero) is 1. The monoisotopic (exact) mass is 533 g/mol. The Morgan fingerprint density at radius 3 is 2.35 bits per heavy atom. The molecule has 0 aliphatic carbocycles. The van der Waals surface area contributed by atoms with Gasteiger partial charge in [-0.2, -0.15) is 13.2 Å². The highest BCUT2D eigenvalue weighted by Crippen LogP contribution is 2.34. The Hall–Kier alpha value is -3.20. The summed E-state index contributed by atoms with van der Waals surface area (Å²) in [5.41, 5.74) is 2.02. The van der Waals surface area contributed by atoms with E-state index in [-0.39, 0.29) is 12.2 Å². The molecule has 0 N–H and O–H groups in total.